The Morgan fingerprint density at radius 3 is 1.97 bits per heavy atom. The second-order valence-corrected chi connectivity index (χ2v) is 10.4. The van der Waals surface area contributed by atoms with E-state index >= 15 is 0 Å². The Bertz CT molecular complexity index is 1150. The Kier molecular flexibility index (Phi) is 12.2. The van der Waals surface area contributed by atoms with E-state index in [1.54, 1.807) is 4.90 Å². The molecule has 2 amide bonds. The Labute approximate surface area is 224 Å². The fourth-order valence-corrected chi connectivity index (χ4v) is 4.46. The number of rotatable bonds is 14. The van der Waals surface area contributed by atoms with Crippen LogP contribution < -0.4 is 9.46 Å². The summed E-state index contributed by atoms with van der Waals surface area (Å²) in [7, 11) is -4.20. The molecule has 0 fully saturated rings. The summed E-state index contributed by atoms with van der Waals surface area (Å²) in [4.78, 5) is 42.8. The van der Waals surface area contributed by atoms with Crippen LogP contribution in [-0.4, -0.2) is 55.5 Å². The monoisotopic (exact) mass is 547 g/mol. The first-order chi connectivity index (χ1) is 18.1. The third-order valence-corrected chi connectivity index (χ3v) is 7.20. The van der Waals surface area contributed by atoms with E-state index in [4.69, 9.17) is 9.47 Å². The maximum Gasteiger partial charge on any atom is 0.515 e. The van der Waals surface area contributed by atoms with Gasteiger partial charge in [-0.2, -0.15) is 0 Å². The van der Waals surface area contributed by atoms with Gasteiger partial charge in [-0.05, 0) is 56.0 Å². The van der Waals surface area contributed by atoms with Gasteiger partial charge in [-0.25, -0.2) is 22.9 Å². The van der Waals surface area contributed by atoms with Crippen molar-refractivity contribution in [1.29, 1.82) is 0 Å². The lowest BCUT2D eigenvalue weighted by Crippen LogP contribution is -2.33. The van der Waals surface area contributed by atoms with Gasteiger partial charge in [0.25, 0.3) is 21.8 Å². The van der Waals surface area contributed by atoms with E-state index in [0.29, 0.717) is 31.5 Å². The van der Waals surface area contributed by atoms with Crippen LogP contribution in [-0.2, 0) is 14.8 Å². The number of ether oxygens (including phenoxy) is 2. The van der Waals surface area contributed by atoms with Crippen molar-refractivity contribution in [2.75, 3.05) is 13.1 Å². The number of aromatic nitrogens is 1. The number of benzene rings is 1. The summed E-state index contributed by atoms with van der Waals surface area (Å²) < 4.78 is 37.6. The molecular formula is C27H37N3O7S. The minimum Gasteiger partial charge on any atom is -0.431 e. The van der Waals surface area contributed by atoms with Crippen molar-refractivity contribution in [2.24, 2.45) is 0 Å². The van der Waals surface area contributed by atoms with Gasteiger partial charge in [-0.15, -0.1) is 0 Å². The predicted molar refractivity (Wildman–Crippen MR) is 143 cm³/mol. The number of carbonyl (C=O) groups is 3. The van der Waals surface area contributed by atoms with Crippen molar-refractivity contribution in [3.05, 3.63) is 53.7 Å². The van der Waals surface area contributed by atoms with E-state index < -0.39 is 22.1 Å². The van der Waals surface area contributed by atoms with Crippen LogP contribution in [0.15, 0.2) is 47.5 Å². The van der Waals surface area contributed by atoms with Crippen molar-refractivity contribution in [3.63, 3.8) is 0 Å². The fourth-order valence-electron chi connectivity index (χ4n) is 3.49. The van der Waals surface area contributed by atoms with Gasteiger partial charge in [-0.3, -0.25) is 9.59 Å². The molecule has 38 heavy (non-hydrogen) atoms. The molecular weight excluding hydrogens is 510 g/mol. The van der Waals surface area contributed by atoms with Crippen molar-refractivity contribution in [1.82, 2.24) is 14.6 Å². The van der Waals surface area contributed by atoms with Gasteiger partial charge in [-0.1, -0.05) is 40.5 Å². The molecule has 1 heterocycles. The summed E-state index contributed by atoms with van der Waals surface area (Å²) >= 11 is 0. The molecule has 208 valence electrons. The highest BCUT2D eigenvalue weighted by atomic mass is 32.2. The van der Waals surface area contributed by atoms with Gasteiger partial charge in [0.1, 0.15) is 6.10 Å². The molecule has 0 radical (unpaired) electrons. The molecule has 0 spiro atoms. The average molecular weight is 548 g/mol. The number of hydrogen-bond acceptors (Lipinski definition) is 8. The van der Waals surface area contributed by atoms with Crippen LogP contribution in [0, 0.1) is 0 Å². The first-order valence-corrected chi connectivity index (χ1v) is 14.4. The lowest BCUT2D eigenvalue weighted by Gasteiger charge is -2.22. The zero-order chi connectivity index (χ0) is 28.1. The number of amides is 2. The molecule has 1 N–H and O–H groups in total. The Balaban J connectivity index is 2.04. The topological polar surface area (TPSA) is 132 Å². The number of hydrogen-bond donors (Lipinski definition) is 1. The lowest BCUT2D eigenvalue weighted by atomic mass is 10.1. The van der Waals surface area contributed by atoms with Gasteiger partial charge in [0.2, 0.25) is 5.88 Å². The van der Waals surface area contributed by atoms with Gasteiger partial charge in [0, 0.05) is 30.9 Å². The predicted octanol–water partition coefficient (Wildman–Crippen LogP) is 4.95. The first-order valence-electron chi connectivity index (χ1n) is 13.0. The first kappa shape index (κ1) is 30.8. The molecule has 0 aliphatic rings. The maximum absolute atomic E-state index is 12.9. The molecule has 0 atom stereocenters. The van der Waals surface area contributed by atoms with Crippen LogP contribution in [0.2, 0.25) is 0 Å². The Morgan fingerprint density at radius 1 is 0.895 bits per heavy atom. The van der Waals surface area contributed by atoms with E-state index in [-0.39, 0.29) is 28.4 Å². The molecule has 0 unspecified atom stereocenters. The largest absolute Gasteiger partial charge is 0.515 e. The second-order valence-electron chi connectivity index (χ2n) is 8.75. The number of unbranched alkanes of at least 4 members (excludes halogenated alkanes) is 2. The molecule has 11 heteroatoms. The van der Waals surface area contributed by atoms with Crippen LogP contribution in [0.5, 0.6) is 5.88 Å². The third-order valence-electron chi connectivity index (χ3n) is 5.85. The smallest absolute Gasteiger partial charge is 0.431 e. The molecule has 0 aliphatic carbocycles. The number of nitrogens with one attached hydrogen (secondary N) is 1. The molecule has 0 saturated heterocycles. The van der Waals surface area contributed by atoms with Crippen LogP contribution >= 0.6 is 0 Å². The minimum absolute atomic E-state index is 0.0522. The summed E-state index contributed by atoms with van der Waals surface area (Å²) in [6, 6.07) is 8.02. The zero-order valence-electron chi connectivity index (χ0n) is 22.4. The van der Waals surface area contributed by atoms with Gasteiger partial charge in [0.15, 0.2) is 0 Å². The molecule has 2 rings (SSSR count). The van der Waals surface area contributed by atoms with E-state index in [0.717, 1.165) is 31.9 Å². The summed E-state index contributed by atoms with van der Waals surface area (Å²) in [5.74, 6) is -1.15. The molecule has 0 saturated carbocycles. The van der Waals surface area contributed by atoms with Crippen LogP contribution in [0.1, 0.15) is 86.9 Å². The van der Waals surface area contributed by atoms with Crippen LogP contribution in [0.4, 0.5) is 4.79 Å². The van der Waals surface area contributed by atoms with Crippen molar-refractivity contribution >= 4 is 28.0 Å². The van der Waals surface area contributed by atoms with Crippen molar-refractivity contribution < 1.29 is 32.3 Å². The highest BCUT2D eigenvalue weighted by Gasteiger charge is 2.21. The third kappa shape index (κ3) is 9.13. The molecule has 2 aromatic rings. The SMILES string of the molecule is CCCCN(CCCC)C(=O)c1ccc(S(=O)(=O)NC(=O)c2ccc(OC(=O)OC(CC)CC)nc2)cc1. The van der Waals surface area contributed by atoms with Crippen molar-refractivity contribution in [3.8, 4) is 5.88 Å². The number of nitrogens with zero attached hydrogens (tertiary/aromatic N) is 2. The van der Waals surface area contributed by atoms with E-state index in [2.05, 4.69) is 18.8 Å². The Morgan fingerprint density at radius 2 is 1.47 bits per heavy atom. The Hall–Kier alpha value is -3.47. The van der Waals surface area contributed by atoms with E-state index in [1.807, 2.05) is 18.6 Å². The average Bonchev–Trinajstić information content (AvgIpc) is 2.91. The summed E-state index contributed by atoms with van der Waals surface area (Å²) in [5, 5.41) is 0. The maximum atomic E-state index is 12.9. The highest BCUT2D eigenvalue weighted by molar-refractivity contribution is 7.90. The molecule has 0 aliphatic heterocycles. The summed E-state index contributed by atoms with van der Waals surface area (Å²) in [5.41, 5.74) is 0.327. The van der Waals surface area contributed by atoms with E-state index in [1.165, 1.54) is 36.4 Å². The highest BCUT2D eigenvalue weighted by Crippen LogP contribution is 2.15. The minimum atomic E-state index is -4.20. The zero-order valence-corrected chi connectivity index (χ0v) is 23.3. The quantitative estimate of drug-likeness (QED) is 0.329. The molecule has 1 aromatic heterocycles. The number of carbonyl (C=O) groups excluding carboxylic acids is 3. The van der Waals surface area contributed by atoms with Crippen LogP contribution in [0.25, 0.3) is 0 Å². The van der Waals surface area contributed by atoms with E-state index in [9.17, 15) is 22.8 Å². The van der Waals surface area contributed by atoms with Crippen LogP contribution in [0.3, 0.4) is 0 Å². The van der Waals surface area contributed by atoms with Gasteiger partial charge >= 0.3 is 6.16 Å². The van der Waals surface area contributed by atoms with Gasteiger partial charge < -0.3 is 14.4 Å². The summed E-state index contributed by atoms with van der Waals surface area (Å²) in [6.07, 6.45) is 4.89. The molecule has 0 bridgehead atoms. The second kappa shape index (κ2) is 15.1. The van der Waals surface area contributed by atoms with Gasteiger partial charge in [0.05, 0.1) is 10.5 Å². The van der Waals surface area contributed by atoms with Crippen molar-refractivity contribution in [2.45, 2.75) is 77.2 Å². The standard InChI is InChI=1S/C27H37N3O7S/c1-5-9-17-30(18-10-6-2)26(32)20-11-14-23(15-12-20)38(34,35)29-25(31)21-13-16-24(28-19-21)37-27(33)36-22(7-3)8-4/h11-16,19,22H,5-10,17-18H2,1-4H3,(H,29,31). The fraction of sp³-hybridized carbons (Fsp3) is 0.481. The summed E-state index contributed by atoms with van der Waals surface area (Å²) in [6.45, 7) is 9.16. The lowest BCUT2D eigenvalue weighted by molar-refractivity contribution is 0.0538. The number of sulfonamides is 1. The molecule has 1 aromatic carbocycles. The normalized spacial score (nSPS) is 11.2. The number of pyridine rings is 1. The molecule has 10 nitrogen and oxygen atoms in total.